The molecule has 31 heavy (non-hydrogen) atoms. The number of hydrogen-bond acceptors (Lipinski definition) is 4. The van der Waals surface area contributed by atoms with E-state index >= 15 is 0 Å². The van der Waals surface area contributed by atoms with E-state index in [2.05, 4.69) is 10.1 Å². The number of fused-ring (bicyclic) bond motifs is 5. The van der Waals surface area contributed by atoms with E-state index in [1.54, 1.807) is 10.7 Å². The third-order valence-electron chi connectivity index (χ3n) is 6.54. The Bertz CT molecular complexity index is 1350. The van der Waals surface area contributed by atoms with Crippen LogP contribution in [-0.4, -0.2) is 47.6 Å². The number of nitrogens with zero attached hydrogens (tertiary/aromatic N) is 6. The molecule has 0 N–H and O–H groups in total. The first-order valence-corrected chi connectivity index (χ1v) is 10.5. The highest BCUT2D eigenvalue weighted by Crippen LogP contribution is 2.36. The van der Waals surface area contributed by atoms with Gasteiger partial charge in [-0.25, -0.2) is 9.50 Å². The van der Waals surface area contributed by atoms with E-state index in [0.717, 1.165) is 17.6 Å². The summed E-state index contributed by atoms with van der Waals surface area (Å²) in [4.78, 5) is 32.7. The minimum Gasteiger partial charge on any atom is -0.336 e. The lowest BCUT2D eigenvalue weighted by atomic mass is 9.83. The summed E-state index contributed by atoms with van der Waals surface area (Å²) in [5.41, 5.74) is 3.00. The number of aryl methyl sites for hydroxylation is 1. The van der Waals surface area contributed by atoms with Crippen molar-refractivity contribution in [3.8, 4) is 11.4 Å². The fourth-order valence-electron chi connectivity index (χ4n) is 5.11. The van der Waals surface area contributed by atoms with Crippen LogP contribution in [0.3, 0.4) is 0 Å². The minimum atomic E-state index is -0.0428. The Morgan fingerprint density at radius 2 is 2.00 bits per heavy atom. The second-order valence-corrected chi connectivity index (χ2v) is 8.56. The van der Waals surface area contributed by atoms with Crippen molar-refractivity contribution in [2.45, 2.75) is 18.9 Å². The number of likely N-dealkylation sites (tertiary alicyclic amines) is 1. The van der Waals surface area contributed by atoms with Crippen LogP contribution in [0.2, 0.25) is 0 Å². The number of hydrogen-bond donors (Lipinski definition) is 0. The van der Waals surface area contributed by atoms with Crippen LogP contribution in [0.1, 0.15) is 28.5 Å². The zero-order chi connectivity index (χ0) is 21.1. The quantitative estimate of drug-likeness (QED) is 0.504. The van der Waals surface area contributed by atoms with Gasteiger partial charge in [0.25, 0.3) is 11.5 Å². The predicted molar refractivity (Wildman–Crippen MR) is 115 cm³/mol. The van der Waals surface area contributed by atoms with Crippen molar-refractivity contribution < 1.29 is 4.79 Å². The largest absolute Gasteiger partial charge is 0.336 e. The molecule has 4 aromatic heterocycles. The van der Waals surface area contributed by atoms with Crippen LogP contribution in [-0.2, 0) is 13.6 Å². The first-order valence-electron chi connectivity index (χ1n) is 10.5. The molecule has 0 unspecified atom stereocenters. The van der Waals surface area contributed by atoms with Crippen molar-refractivity contribution in [3.05, 3.63) is 76.7 Å². The second-order valence-electron chi connectivity index (χ2n) is 8.56. The molecule has 6 heterocycles. The van der Waals surface area contributed by atoms with Gasteiger partial charge in [0.15, 0.2) is 5.69 Å². The van der Waals surface area contributed by atoms with Crippen LogP contribution >= 0.6 is 0 Å². The highest BCUT2D eigenvalue weighted by atomic mass is 16.2. The molecule has 1 saturated heterocycles. The molecule has 2 bridgehead atoms. The van der Waals surface area contributed by atoms with Gasteiger partial charge in [0.05, 0.1) is 11.1 Å². The van der Waals surface area contributed by atoms with Crippen LogP contribution in [0.5, 0.6) is 0 Å². The Morgan fingerprint density at radius 3 is 2.81 bits per heavy atom. The molecule has 1 fully saturated rings. The molecule has 0 radical (unpaired) electrons. The Kier molecular flexibility index (Phi) is 3.89. The van der Waals surface area contributed by atoms with Gasteiger partial charge in [-0.2, -0.15) is 5.10 Å². The average molecular weight is 414 g/mol. The monoisotopic (exact) mass is 414 g/mol. The lowest BCUT2D eigenvalue weighted by Crippen LogP contribution is -2.49. The highest BCUT2D eigenvalue weighted by Gasteiger charge is 2.37. The van der Waals surface area contributed by atoms with Gasteiger partial charge in [-0.1, -0.05) is 6.07 Å². The molecule has 0 aliphatic carbocycles. The molecule has 4 aromatic rings. The number of amides is 1. The lowest BCUT2D eigenvalue weighted by molar-refractivity contribution is 0.0588. The summed E-state index contributed by atoms with van der Waals surface area (Å²) in [5.74, 6) is 1.04. The molecule has 8 heteroatoms. The van der Waals surface area contributed by atoms with Crippen LogP contribution in [0, 0.1) is 5.92 Å². The smallest absolute Gasteiger partial charge is 0.274 e. The van der Waals surface area contributed by atoms with Crippen molar-refractivity contribution in [2.75, 3.05) is 13.1 Å². The zero-order valence-electron chi connectivity index (χ0n) is 17.2. The van der Waals surface area contributed by atoms with E-state index in [0.29, 0.717) is 36.7 Å². The van der Waals surface area contributed by atoms with E-state index in [9.17, 15) is 9.59 Å². The number of rotatable bonds is 2. The highest BCUT2D eigenvalue weighted by molar-refractivity contribution is 5.93. The molecular weight excluding hydrogens is 392 g/mol. The summed E-state index contributed by atoms with van der Waals surface area (Å²) in [5, 5.41) is 4.45. The molecule has 0 saturated carbocycles. The maximum Gasteiger partial charge on any atom is 0.274 e. The maximum absolute atomic E-state index is 13.2. The van der Waals surface area contributed by atoms with Gasteiger partial charge in [-0.3, -0.25) is 9.59 Å². The fourth-order valence-corrected chi connectivity index (χ4v) is 5.11. The molecular formula is C23H22N6O2. The van der Waals surface area contributed by atoms with Crippen molar-refractivity contribution in [2.24, 2.45) is 13.0 Å². The van der Waals surface area contributed by atoms with Crippen molar-refractivity contribution in [3.63, 3.8) is 0 Å². The Hall–Kier alpha value is -3.68. The van der Waals surface area contributed by atoms with Crippen LogP contribution in [0.25, 0.3) is 16.9 Å². The number of imidazole rings is 1. The maximum atomic E-state index is 13.2. The van der Waals surface area contributed by atoms with Gasteiger partial charge in [-0.15, -0.1) is 0 Å². The van der Waals surface area contributed by atoms with Gasteiger partial charge in [-0.05, 0) is 42.7 Å². The molecule has 2 aliphatic heterocycles. The van der Waals surface area contributed by atoms with Crippen molar-refractivity contribution in [1.82, 2.24) is 28.6 Å². The summed E-state index contributed by atoms with van der Waals surface area (Å²) in [6, 6.07) is 11.5. The number of carbonyl (C=O) groups excluding carboxylic acids is 1. The van der Waals surface area contributed by atoms with E-state index in [1.165, 1.54) is 0 Å². The Labute approximate surface area is 178 Å². The van der Waals surface area contributed by atoms with Crippen LogP contribution < -0.4 is 5.56 Å². The molecule has 0 spiro atoms. The number of pyridine rings is 2. The van der Waals surface area contributed by atoms with Crippen LogP contribution in [0.15, 0.2) is 59.8 Å². The minimum absolute atomic E-state index is 0.00151. The van der Waals surface area contributed by atoms with Gasteiger partial charge >= 0.3 is 0 Å². The first kappa shape index (κ1) is 18.1. The molecule has 1 amide bonds. The third-order valence-corrected chi connectivity index (χ3v) is 6.54. The van der Waals surface area contributed by atoms with Gasteiger partial charge in [0.1, 0.15) is 5.82 Å². The number of aromatic nitrogens is 5. The molecule has 2 atom stereocenters. The van der Waals surface area contributed by atoms with E-state index in [4.69, 9.17) is 0 Å². The summed E-state index contributed by atoms with van der Waals surface area (Å²) < 4.78 is 5.49. The SMILES string of the molecule is Cn1ccnc1-c1ccc2n(c1=O)C[C@H]1C[C@@H]2CN(C(=O)c2cc3ccccn3n2)C1. The fraction of sp³-hybridized carbons (Fsp3) is 0.304. The zero-order valence-corrected chi connectivity index (χ0v) is 17.2. The van der Waals surface area contributed by atoms with E-state index in [1.807, 2.05) is 69.9 Å². The summed E-state index contributed by atoms with van der Waals surface area (Å²) in [6.45, 7) is 1.87. The summed E-state index contributed by atoms with van der Waals surface area (Å²) in [6.07, 6.45) is 6.39. The Morgan fingerprint density at radius 1 is 1.10 bits per heavy atom. The summed E-state index contributed by atoms with van der Waals surface area (Å²) in [7, 11) is 1.89. The molecule has 8 nitrogen and oxygen atoms in total. The molecule has 156 valence electrons. The Balaban J connectivity index is 1.32. The topological polar surface area (TPSA) is 77.4 Å². The lowest BCUT2D eigenvalue weighted by Gasteiger charge is -2.42. The summed E-state index contributed by atoms with van der Waals surface area (Å²) >= 11 is 0. The standard InChI is InChI=1S/C23H22N6O2/c1-26-9-7-24-21(26)18-5-6-20-16-10-15(13-28(20)22(18)30)12-27(14-16)23(31)19-11-17-4-2-3-8-29(17)25-19/h2-9,11,15-16H,10,12-14H2,1H3/t15-,16+/m0/s1. The average Bonchev–Trinajstić information content (AvgIpc) is 3.40. The van der Waals surface area contributed by atoms with Gasteiger partial charge in [0, 0.05) is 56.9 Å². The van der Waals surface area contributed by atoms with Crippen molar-refractivity contribution >= 4 is 11.4 Å². The number of carbonyl (C=O) groups is 1. The second kappa shape index (κ2) is 6.66. The molecule has 6 rings (SSSR count). The normalized spacial score (nSPS) is 20.1. The van der Waals surface area contributed by atoms with Crippen LogP contribution in [0.4, 0.5) is 0 Å². The predicted octanol–water partition coefficient (Wildman–Crippen LogP) is 2.16. The van der Waals surface area contributed by atoms with Gasteiger partial charge < -0.3 is 14.0 Å². The third kappa shape index (κ3) is 2.82. The molecule has 0 aromatic carbocycles. The van der Waals surface area contributed by atoms with Crippen molar-refractivity contribution in [1.29, 1.82) is 0 Å². The van der Waals surface area contributed by atoms with E-state index in [-0.39, 0.29) is 23.3 Å². The van der Waals surface area contributed by atoms with E-state index < -0.39 is 0 Å². The van der Waals surface area contributed by atoms with Gasteiger partial charge in [0.2, 0.25) is 0 Å². The molecule has 2 aliphatic rings. The number of piperidine rings is 1. The first-order chi connectivity index (χ1) is 15.1.